The molecule has 1 aliphatic rings. The smallest absolute Gasteiger partial charge is 0.339 e. The number of hydrogen-bond donors (Lipinski definition) is 0. The molecule has 35 heavy (non-hydrogen) atoms. The summed E-state index contributed by atoms with van der Waals surface area (Å²) in [5.41, 5.74) is 0.960. The van der Waals surface area contributed by atoms with Crippen molar-refractivity contribution in [2.75, 3.05) is 37.7 Å². The van der Waals surface area contributed by atoms with Gasteiger partial charge in [-0.2, -0.15) is 10.2 Å². The Morgan fingerprint density at radius 1 is 1.11 bits per heavy atom. The molecule has 4 heterocycles. The number of carbonyl (C=O) groups is 2. The van der Waals surface area contributed by atoms with Gasteiger partial charge in [-0.1, -0.05) is 29.8 Å². The van der Waals surface area contributed by atoms with Crippen LogP contribution in [0.2, 0.25) is 5.15 Å². The van der Waals surface area contributed by atoms with Gasteiger partial charge in [0, 0.05) is 31.6 Å². The summed E-state index contributed by atoms with van der Waals surface area (Å²) < 4.78 is 16.3. The monoisotopic (exact) mass is 491 g/mol. The van der Waals surface area contributed by atoms with Gasteiger partial charge in [0.2, 0.25) is 11.6 Å². The molecule has 0 unspecified atom stereocenters. The van der Waals surface area contributed by atoms with Crippen LogP contribution in [0, 0.1) is 11.3 Å². The molecule has 1 aliphatic heterocycles. The maximum Gasteiger partial charge on any atom is 0.339 e. The van der Waals surface area contributed by atoms with E-state index in [-0.39, 0.29) is 28.2 Å². The number of nitriles is 1. The minimum absolute atomic E-state index is 0.147. The largest absolute Gasteiger partial charge is 0.459 e. The molecule has 5 rings (SSSR count). The lowest BCUT2D eigenvalue weighted by Crippen LogP contribution is -2.50. The molecular formula is C24H18ClN5O5. The molecule has 0 radical (unpaired) electrons. The molecule has 1 aromatic carbocycles. The van der Waals surface area contributed by atoms with E-state index in [0.717, 1.165) is 0 Å². The van der Waals surface area contributed by atoms with Gasteiger partial charge in [0.15, 0.2) is 12.4 Å². The molecule has 0 spiro atoms. The lowest BCUT2D eigenvalue weighted by Gasteiger charge is -2.34. The predicted molar refractivity (Wildman–Crippen MR) is 125 cm³/mol. The number of aromatic nitrogens is 2. The molecule has 176 valence electrons. The van der Waals surface area contributed by atoms with E-state index in [1.165, 1.54) is 12.3 Å². The maximum absolute atomic E-state index is 12.7. The highest BCUT2D eigenvalue weighted by Crippen LogP contribution is 2.29. The van der Waals surface area contributed by atoms with Gasteiger partial charge in [-0.15, -0.1) is 0 Å². The molecule has 0 atom stereocenters. The van der Waals surface area contributed by atoms with Crippen molar-refractivity contribution in [3.8, 4) is 17.7 Å². The Morgan fingerprint density at radius 3 is 2.66 bits per heavy atom. The zero-order valence-electron chi connectivity index (χ0n) is 18.3. The maximum atomic E-state index is 12.7. The second-order valence-electron chi connectivity index (χ2n) is 7.72. The van der Waals surface area contributed by atoms with E-state index in [0.29, 0.717) is 48.7 Å². The number of nitrogens with zero attached hydrogens (tertiary/aromatic N) is 5. The minimum Gasteiger partial charge on any atom is -0.459 e. The lowest BCUT2D eigenvalue weighted by atomic mass is 10.1. The highest BCUT2D eigenvalue weighted by atomic mass is 35.5. The highest BCUT2D eigenvalue weighted by Gasteiger charge is 2.27. The standard InChI is InChI=1S/C24H18ClN5O5/c25-20-12-16(15-4-1-2-5-17(15)27-20)24(32)34-14-21(31)29-7-9-30(10-8-29)23-18(13-26)28-22(35-23)19-6-3-11-33-19/h1-6,11-12H,7-10,14H2. The Balaban J connectivity index is 1.20. The number of carbonyl (C=O) groups excluding carboxylic acids is 2. The zero-order chi connectivity index (χ0) is 24.4. The fourth-order valence-electron chi connectivity index (χ4n) is 3.87. The van der Waals surface area contributed by atoms with Crippen molar-refractivity contribution in [1.29, 1.82) is 5.26 Å². The van der Waals surface area contributed by atoms with Gasteiger partial charge in [-0.05, 0) is 24.3 Å². The van der Waals surface area contributed by atoms with E-state index in [2.05, 4.69) is 9.97 Å². The van der Waals surface area contributed by atoms with Crippen LogP contribution in [0.15, 0.2) is 57.6 Å². The summed E-state index contributed by atoms with van der Waals surface area (Å²) in [6, 6.07) is 13.9. The van der Waals surface area contributed by atoms with Gasteiger partial charge in [0.1, 0.15) is 11.2 Å². The fraction of sp³-hybridized carbons (Fsp3) is 0.208. The summed E-state index contributed by atoms with van der Waals surface area (Å²) in [7, 11) is 0. The first-order valence-corrected chi connectivity index (χ1v) is 11.1. The average molecular weight is 492 g/mol. The van der Waals surface area contributed by atoms with Crippen molar-refractivity contribution < 1.29 is 23.2 Å². The number of benzene rings is 1. The van der Waals surface area contributed by atoms with Crippen LogP contribution < -0.4 is 4.90 Å². The molecule has 4 aromatic rings. The highest BCUT2D eigenvalue weighted by molar-refractivity contribution is 6.30. The van der Waals surface area contributed by atoms with Gasteiger partial charge >= 0.3 is 5.97 Å². The van der Waals surface area contributed by atoms with E-state index >= 15 is 0 Å². The van der Waals surface area contributed by atoms with Gasteiger partial charge in [-0.3, -0.25) is 4.79 Å². The van der Waals surface area contributed by atoms with Crippen LogP contribution in [0.3, 0.4) is 0 Å². The number of piperazine rings is 1. The Morgan fingerprint density at radius 2 is 1.91 bits per heavy atom. The number of anilines is 1. The van der Waals surface area contributed by atoms with Crippen LogP contribution in [-0.4, -0.2) is 59.5 Å². The van der Waals surface area contributed by atoms with Crippen LogP contribution in [-0.2, 0) is 9.53 Å². The Kier molecular flexibility index (Phi) is 6.08. The number of pyridine rings is 1. The van der Waals surface area contributed by atoms with Crippen molar-refractivity contribution in [3.63, 3.8) is 0 Å². The van der Waals surface area contributed by atoms with Crippen LogP contribution in [0.25, 0.3) is 22.6 Å². The first-order chi connectivity index (χ1) is 17.0. The summed E-state index contributed by atoms with van der Waals surface area (Å²) in [6.07, 6.45) is 1.49. The summed E-state index contributed by atoms with van der Waals surface area (Å²) in [5, 5.41) is 10.2. The number of halogens is 1. The number of para-hydroxylation sites is 1. The number of ether oxygens (including phenoxy) is 1. The molecule has 0 N–H and O–H groups in total. The third-order valence-electron chi connectivity index (χ3n) is 5.60. The quantitative estimate of drug-likeness (QED) is 0.304. The zero-order valence-corrected chi connectivity index (χ0v) is 19.1. The Labute approximate surface area is 204 Å². The van der Waals surface area contributed by atoms with Crippen molar-refractivity contribution >= 4 is 40.3 Å². The molecule has 1 saturated heterocycles. The summed E-state index contributed by atoms with van der Waals surface area (Å²) in [6.45, 7) is 1.17. The topological polar surface area (TPSA) is 126 Å². The Bertz CT molecular complexity index is 1430. The van der Waals surface area contributed by atoms with Crippen LogP contribution in [0.5, 0.6) is 0 Å². The first-order valence-electron chi connectivity index (χ1n) is 10.7. The molecule has 10 nitrogen and oxygen atoms in total. The number of amides is 1. The van der Waals surface area contributed by atoms with Gasteiger partial charge in [0.05, 0.1) is 17.3 Å². The molecule has 1 fully saturated rings. The van der Waals surface area contributed by atoms with Crippen molar-refractivity contribution in [3.05, 3.63) is 65.1 Å². The average Bonchev–Trinajstić information content (AvgIpc) is 3.57. The minimum atomic E-state index is -0.650. The Hall–Kier alpha value is -4.36. The van der Waals surface area contributed by atoms with Gasteiger partial charge in [0.25, 0.3) is 11.8 Å². The first kappa shape index (κ1) is 22.4. The van der Waals surface area contributed by atoms with Gasteiger partial charge in [-0.25, -0.2) is 9.78 Å². The fourth-order valence-corrected chi connectivity index (χ4v) is 4.07. The number of oxazole rings is 1. The van der Waals surface area contributed by atoms with E-state index in [9.17, 15) is 14.9 Å². The molecule has 0 saturated carbocycles. The molecule has 1 amide bonds. The third-order valence-corrected chi connectivity index (χ3v) is 5.79. The van der Waals surface area contributed by atoms with Crippen LogP contribution >= 0.6 is 11.6 Å². The summed E-state index contributed by atoms with van der Waals surface area (Å²) >= 11 is 6.03. The van der Waals surface area contributed by atoms with E-state index < -0.39 is 12.6 Å². The second-order valence-corrected chi connectivity index (χ2v) is 8.10. The summed E-state index contributed by atoms with van der Waals surface area (Å²) in [5.74, 6) is 0.00120. The number of esters is 1. The third kappa shape index (κ3) is 4.54. The number of rotatable bonds is 5. The second kappa shape index (κ2) is 9.48. The number of fused-ring (bicyclic) bond motifs is 1. The molecular weight excluding hydrogens is 474 g/mol. The van der Waals surface area contributed by atoms with Crippen molar-refractivity contribution in [2.45, 2.75) is 0 Å². The van der Waals surface area contributed by atoms with Crippen molar-refractivity contribution in [1.82, 2.24) is 14.9 Å². The normalized spacial score (nSPS) is 13.6. The molecule has 0 aliphatic carbocycles. The lowest BCUT2D eigenvalue weighted by molar-refractivity contribution is -0.134. The summed E-state index contributed by atoms with van der Waals surface area (Å²) in [4.78, 5) is 37.2. The molecule has 11 heteroatoms. The molecule has 0 bridgehead atoms. The van der Waals surface area contributed by atoms with Gasteiger partial charge < -0.3 is 23.4 Å². The van der Waals surface area contributed by atoms with E-state index in [4.69, 9.17) is 25.2 Å². The molecule has 3 aromatic heterocycles. The van der Waals surface area contributed by atoms with Crippen LogP contribution in [0.1, 0.15) is 16.1 Å². The number of hydrogen-bond acceptors (Lipinski definition) is 9. The van der Waals surface area contributed by atoms with E-state index in [1.54, 1.807) is 41.3 Å². The van der Waals surface area contributed by atoms with Crippen molar-refractivity contribution in [2.24, 2.45) is 0 Å². The van der Waals surface area contributed by atoms with E-state index in [1.807, 2.05) is 11.0 Å². The number of furan rings is 1. The predicted octanol–water partition coefficient (Wildman–Crippen LogP) is 3.51. The SMILES string of the molecule is N#Cc1nc(-c2ccco2)oc1N1CCN(C(=O)COC(=O)c2cc(Cl)nc3ccccc23)CC1. The van der Waals surface area contributed by atoms with Crippen LogP contribution in [0.4, 0.5) is 5.88 Å².